The summed E-state index contributed by atoms with van der Waals surface area (Å²) in [5.41, 5.74) is 3.67. The molecule has 1 aliphatic carbocycles. The molecule has 0 amide bonds. The molecule has 2 aliphatic rings. The van der Waals surface area contributed by atoms with E-state index in [1.165, 1.54) is 12.1 Å². The second-order valence-corrected chi connectivity index (χ2v) is 10.5. The summed E-state index contributed by atoms with van der Waals surface area (Å²) in [6, 6.07) is 9.53. The topological polar surface area (TPSA) is 224 Å². The number of carbonyl (C=O) groups is 5. The van der Waals surface area contributed by atoms with Crippen molar-refractivity contribution >= 4 is 52.6 Å². The Labute approximate surface area is 267 Å². The molecule has 15 nitrogen and oxygen atoms in total. The van der Waals surface area contributed by atoms with E-state index in [1.54, 1.807) is 49.4 Å². The summed E-state index contributed by atoms with van der Waals surface area (Å²) in [7, 11) is 0. The highest BCUT2D eigenvalue weighted by atomic mass is 16.5. The third-order valence-electron chi connectivity index (χ3n) is 6.93. The number of fused-ring (bicyclic) bond motifs is 1. The van der Waals surface area contributed by atoms with Crippen molar-refractivity contribution in [2.45, 2.75) is 13.3 Å². The molecule has 15 heteroatoms. The van der Waals surface area contributed by atoms with Crippen LogP contribution < -0.4 is 19.3 Å². The minimum atomic E-state index is -1.27. The molecule has 2 aromatic carbocycles. The average Bonchev–Trinajstić information content (AvgIpc) is 3.41. The van der Waals surface area contributed by atoms with Crippen molar-refractivity contribution in [3.05, 3.63) is 76.9 Å². The first kappa shape index (κ1) is 33.8. The number of hydrogen-bond donors (Lipinski definition) is 5. The number of carboxylic acids is 5. The van der Waals surface area contributed by atoms with Gasteiger partial charge in [0.25, 0.3) is 0 Å². The molecule has 0 radical (unpaired) electrons. The van der Waals surface area contributed by atoms with E-state index in [1.807, 2.05) is 0 Å². The van der Waals surface area contributed by atoms with E-state index in [0.29, 0.717) is 17.0 Å². The summed E-state index contributed by atoms with van der Waals surface area (Å²) in [5, 5.41) is 46.9. The molecule has 1 aliphatic heterocycles. The zero-order valence-corrected chi connectivity index (χ0v) is 25.1. The fourth-order valence-electron chi connectivity index (χ4n) is 4.94. The molecular weight excluding hydrogens is 618 g/mol. The zero-order valence-electron chi connectivity index (χ0n) is 25.1. The Bertz CT molecular complexity index is 1710. The number of aliphatic carboxylic acids is 5. The maximum atomic E-state index is 11.6. The number of allylic oxidation sites excluding steroid dienone is 4. The molecular formula is C32H31N3O12. The lowest BCUT2D eigenvalue weighted by molar-refractivity contribution is -0.138. The summed E-state index contributed by atoms with van der Waals surface area (Å²) < 4.78 is 11.9. The van der Waals surface area contributed by atoms with Gasteiger partial charge in [-0.3, -0.25) is 24.2 Å². The molecule has 0 bridgehead atoms. The Hall–Kier alpha value is -6.12. The summed E-state index contributed by atoms with van der Waals surface area (Å²) >= 11 is 0. The summed E-state index contributed by atoms with van der Waals surface area (Å²) in [6.45, 7) is -0.952. The van der Waals surface area contributed by atoms with Gasteiger partial charge in [-0.05, 0) is 48.4 Å². The fraction of sp³-hybridized carbons (Fsp3) is 0.250. The van der Waals surface area contributed by atoms with Crippen LogP contribution in [0.15, 0.2) is 70.8 Å². The van der Waals surface area contributed by atoms with Crippen LogP contribution in [0.3, 0.4) is 0 Å². The molecule has 2 aromatic rings. The number of aliphatic imine (C=N–C) groups is 1. The molecule has 1 heterocycles. The Morgan fingerprint density at radius 2 is 1.23 bits per heavy atom. The van der Waals surface area contributed by atoms with Crippen LogP contribution in [0, 0.1) is 6.92 Å². The van der Waals surface area contributed by atoms with Crippen LogP contribution in [0.25, 0.3) is 5.70 Å². The first-order chi connectivity index (χ1) is 22.3. The predicted octanol–water partition coefficient (Wildman–Crippen LogP) is 2.54. The monoisotopic (exact) mass is 649 g/mol. The minimum Gasteiger partial charge on any atom is -0.488 e. The van der Waals surface area contributed by atoms with Crippen LogP contribution in [-0.2, 0) is 24.0 Å². The minimum absolute atomic E-state index is 0.116. The lowest BCUT2D eigenvalue weighted by Gasteiger charge is -2.25. The Morgan fingerprint density at radius 1 is 0.723 bits per heavy atom. The first-order valence-corrected chi connectivity index (χ1v) is 14.1. The molecule has 0 atom stereocenters. The van der Waals surface area contributed by atoms with E-state index < -0.39 is 56.0 Å². The maximum Gasteiger partial charge on any atom is 0.331 e. The quantitative estimate of drug-likeness (QED) is 0.155. The van der Waals surface area contributed by atoms with Gasteiger partial charge in [0.1, 0.15) is 50.9 Å². The highest BCUT2D eigenvalue weighted by Crippen LogP contribution is 2.36. The molecule has 246 valence electrons. The first-order valence-electron chi connectivity index (χ1n) is 14.1. The Balaban J connectivity index is 1.60. The van der Waals surface area contributed by atoms with Crippen molar-refractivity contribution in [2.24, 2.45) is 4.99 Å². The molecule has 0 aromatic heterocycles. The van der Waals surface area contributed by atoms with Crippen LogP contribution in [-0.4, -0.2) is 100 Å². The number of aryl methyl sites for hydroxylation is 1. The lowest BCUT2D eigenvalue weighted by atomic mass is 9.97. The second kappa shape index (κ2) is 14.8. The molecule has 0 unspecified atom stereocenters. The van der Waals surface area contributed by atoms with Crippen LogP contribution in [0.5, 0.6) is 11.5 Å². The van der Waals surface area contributed by atoms with Crippen molar-refractivity contribution in [1.82, 2.24) is 0 Å². The number of anilines is 2. The zero-order chi connectivity index (χ0) is 34.2. The number of carboxylic acid groups (broad SMARTS) is 5. The molecule has 47 heavy (non-hydrogen) atoms. The van der Waals surface area contributed by atoms with Gasteiger partial charge < -0.3 is 44.8 Å². The van der Waals surface area contributed by atoms with Crippen molar-refractivity contribution in [3.8, 4) is 11.5 Å². The van der Waals surface area contributed by atoms with E-state index in [9.17, 15) is 49.5 Å². The summed E-state index contributed by atoms with van der Waals surface area (Å²) in [5.74, 6) is -5.75. The van der Waals surface area contributed by atoms with Crippen LogP contribution in [0.2, 0.25) is 0 Å². The fourth-order valence-corrected chi connectivity index (χ4v) is 4.94. The van der Waals surface area contributed by atoms with Crippen LogP contribution in [0.4, 0.5) is 11.4 Å². The van der Waals surface area contributed by atoms with Crippen molar-refractivity contribution < 1.29 is 59.0 Å². The van der Waals surface area contributed by atoms with Gasteiger partial charge in [-0.25, -0.2) is 4.79 Å². The van der Waals surface area contributed by atoms with Gasteiger partial charge in [-0.15, -0.1) is 0 Å². The van der Waals surface area contributed by atoms with Gasteiger partial charge in [0.05, 0.1) is 22.8 Å². The van der Waals surface area contributed by atoms with Gasteiger partial charge >= 0.3 is 29.8 Å². The standard InChI is InChI=1S/C32H31N3O12/c1-18-2-6-24(34(14-28(36)37)15-29(38)39)26(10-18)46-8-9-47-27-13-20(5-7-25(27)35(16-30(40)41)17-31(42)43)22-11-19-3-4-21(32(44)45)12-23(19)33-22/h2-7,10-11,13H,8-9,12,14-17H2,1H3,(H,36,37)(H,38,39)(H,40,41)(H,42,43)(H,44,45). The highest BCUT2D eigenvalue weighted by Gasteiger charge is 2.25. The van der Waals surface area contributed by atoms with Gasteiger partial charge in [0.15, 0.2) is 0 Å². The maximum absolute atomic E-state index is 11.6. The number of hydrogen-bond acceptors (Lipinski definition) is 10. The van der Waals surface area contributed by atoms with E-state index in [4.69, 9.17) is 9.47 Å². The van der Waals surface area contributed by atoms with Crippen molar-refractivity contribution in [1.29, 1.82) is 0 Å². The Morgan fingerprint density at radius 3 is 1.74 bits per heavy atom. The SMILES string of the molecule is Cc1ccc(N(CC(=O)O)CC(=O)O)c(OCCOc2cc(C3=CC4=CC=C(C(=O)O)CC4=N3)ccc2N(CC(=O)O)CC(=O)O)c1. The van der Waals surface area contributed by atoms with Crippen LogP contribution in [0.1, 0.15) is 17.5 Å². The van der Waals surface area contributed by atoms with E-state index in [0.717, 1.165) is 20.9 Å². The van der Waals surface area contributed by atoms with Crippen LogP contribution >= 0.6 is 0 Å². The number of ether oxygens (including phenoxy) is 2. The normalized spacial score (nSPS) is 13.3. The number of rotatable bonds is 17. The third kappa shape index (κ3) is 8.97. The largest absolute Gasteiger partial charge is 0.488 e. The molecule has 0 fully saturated rings. The van der Waals surface area contributed by atoms with Gasteiger partial charge in [-0.1, -0.05) is 24.3 Å². The molecule has 0 spiro atoms. The molecule has 4 rings (SSSR count). The van der Waals surface area contributed by atoms with E-state index in [-0.39, 0.29) is 48.1 Å². The second-order valence-electron chi connectivity index (χ2n) is 10.5. The van der Waals surface area contributed by atoms with E-state index >= 15 is 0 Å². The van der Waals surface area contributed by atoms with Gasteiger partial charge in [0.2, 0.25) is 0 Å². The third-order valence-corrected chi connectivity index (χ3v) is 6.93. The van der Waals surface area contributed by atoms with Gasteiger partial charge in [-0.2, -0.15) is 0 Å². The average molecular weight is 650 g/mol. The smallest absolute Gasteiger partial charge is 0.331 e. The summed E-state index contributed by atoms with van der Waals surface area (Å²) in [4.78, 5) is 64.2. The van der Waals surface area contributed by atoms with Crippen molar-refractivity contribution in [3.63, 3.8) is 0 Å². The Kier molecular flexibility index (Phi) is 10.6. The molecule has 5 N–H and O–H groups in total. The number of benzene rings is 2. The predicted molar refractivity (Wildman–Crippen MR) is 167 cm³/mol. The molecule has 0 saturated heterocycles. The van der Waals surface area contributed by atoms with E-state index in [2.05, 4.69) is 4.99 Å². The summed E-state index contributed by atoms with van der Waals surface area (Å²) in [6.07, 6.45) is 5.04. The van der Waals surface area contributed by atoms with Gasteiger partial charge in [0, 0.05) is 17.6 Å². The lowest BCUT2D eigenvalue weighted by Crippen LogP contribution is -2.35. The molecule has 0 saturated carbocycles. The number of nitrogens with zero attached hydrogens (tertiary/aromatic N) is 3. The van der Waals surface area contributed by atoms with Crippen molar-refractivity contribution in [2.75, 3.05) is 49.2 Å². The highest BCUT2D eigenvalue weighted by molar-refractivity contribution is 6.15.